The normalized spacial score (nSPS) is 17.2. The fourth-order valence-electron chi connectivity index (χ4n) is 5.62. The molecule has 20 heteroatoms. The molecule has 264 valence electrons. The number of sulfonamides is 2. The summed E-state index contributed by atoms with van der Waals surface area (Å²) in [5.41, 5.74) is 1.29. The van der Waals surface area contributed by atoms with Crippen molar-refractivity contribution in [3.63, 3.8) is 0 Å². The van der Waals surface area contributed by atoms with Gasteiger partial charge in [-0.05, 0) is 25.0 Å². The molecule has 4 aromatic rings. The summed E-state index contributed by atoms with van der Waals surface area (Å²) in [6, 6.07) is 4.10. The maximum atomic E-state index is 14.8. The summed E-state index contributed by atoms with van der Waals surface area (Å²) in [6.07, 6.45) is 8.55. The quantitative estimate of drug-likeness (QED) is 0.115. The largest absolute Gasteiger partial charge is 0.491 e. The number of carbonyl (C=O) groups is 2. The lowest BCUT2D eigenvalue weighted by Crippen LogP contribution is -2.33. The summed E-state index contributed by atoms with van der Waals surface area (Å²) in [4.78, 5) is 43.8. The Labute approximate surface area is 283 Å². The molecule has 2 aromatic carbocycles. The fourth-order valence-corrected chi connectivity index (χ4v) is 7.13. The molecule has 0 aliphatic carbocycles. The molecule has 0 saturated carbocycles. The zero-order chi connectivity index (χ0) is 35.6. The summed E-state index contributed by atoms with van der Waals surface area (Å²) in [5, 5.41) is 0. The minimum Gasteiger partial charge on any atom is -0.491 e. The Morgan fingerprint density at radius 1 is 0.900 bits per heavy atom. The lowest BCUT2D eigenvalue weighted by molar-refractivity contribution is -0.139. The van der Waals surface area contributed by atoms with Crippen molar-refractivity contribution in [3.05, 3.63) is 95.6 Å². The molecule has 6 rings (SSSR count). The number of nitrogens with one attached hydrogen (secondary N) is 3. The maximum absolute atomic E-state index is 14.8. The van der Waals surface area contributed by atoms with E-state index in [1.54, 1.807) is 6.20 Å². The molecule has 0 saturated heterocycles. The number of aromatic amines is 2. The number of hydrogen-bond acceptors (Lipinski definition) is 12. The number of anilines is 2. The van der Waals surface area contributed by atoms with Gasteiger partial charge in [-0.1, -0.05) is 4.47 Å². The second-order valence-corrected chi connectivity index (χ2v) is 14.6. The summed E-state index contributed by atoms with van der Waals surface area (Å²) in [7, 11) is -8.87. The molecule has 50 heavy (non-hydrogen) atoms. The van der Waals surface area contributed by atoms with E-state index >= 15 is 0 Å². The van der Waals surface area contributed by atoms with E-state index in [9.17, 15) is 35.2 Å². The van der Waals surface area contributed by atoms with E-state index in [1.807, 2.05) is 0 Å². The van der Waals surface area contributed by atoms with Crippen molar-refractivity contribution in [2.45, 2.75) is 24.7 Å². The van der Waals surface area contributed by atoms with Gasteiger partial charge in [-0.25, -0.2) is 45.2 Å². The standard InChI is InChI=1S/C30H28F2N6O10S2/c1-49(41,42)38(26-11-18(32)9-22-20(5-7-46-30(22)26)25-13-34-15-36-25)48-28(40)3-2-27(39)47-16-50(43,44)37-23-10-17(31)8-21-19(4-6-45-29(21)23)24-12-33-14-35-24/h2-3,8-15,19-20,37H,4-7,16H2,1H3,(H,33,35)(H,34,36)/b3-2-. The molecule has 0 amide bonds. The Morgan fingerprint density at radius 3 is 2.04 bits per heavy atom. The smallest absolute Gasteiger partial charge is 0.357 e. The molecule has 0 radical (unpaired) electrons. The van der Waals surface area contributed by atoms with E-state index in [0.29, 0.717) is 48.2 Å². The number of hydrogen-bond donors (Lipinski definition) is 3. The number of esters is 1. The van der Waals surface area contributed by atoms with Crippen molar-refractivity contribution in [1.82, 2.24) is 19.9 Å². The minimum absolute atomic E-state index is 0.0571. The van der Waals surface area contributed by atoms with Crippen LogP contribution in [0.25, 0.3) is 0 Å². The van der Waals surface area contributed by atoms with Gasteiger partial charge in [-0.15, -0.1) is 0 Å². The lowest BCUT2D eigenvalue weighted by atomic mass is 9.90. The Bertz CT molecular complexity index is 2160. The highest BCUT2D eigenvalue weighted by atomic mass is 32.2. The number of ether oxygens (including phenoxy) is 3. The molecular weight excluding hydrogens is 706 g/mol. The summed E-state index contributed by atoms with van der Waals surface area (Å²) in [6.45, 7) is 0.314. The number of fused-ring (bicyclic) bond motifs is 2. The first-order chi connectivity index (χ1) is 23.8. The third-order valence-corrected chi connectivity index (χ3v) is 9.47. The van der Waals surface area contributed by atoms with Crippen LogP contribution in [0.5, 0.6) is 11.5 Å². The van der Waals surface area contributed by atoms with Crippen molar-refractivity contribution in [2.24, 2.45) is 0 Å². The van der Waals surface area contributed by atoms with Crippen molar-refractivity contribution in [2.75, 3.05) is 34.6 Å². The number of nitrogens with zero attached hydrogens (tertiary/aromatic N) is 3. The number of rotatable bonds is 11. The molecule has 0 spiro atoms. The zero-order valence-corrected chi connectivity index (χ0v) is 27.6. The Hall–Kier alpha value is -5.50. The molecule has 2 unspecified atom stereocenters. The number of aromatic nitrogens is 4. The number of halogens is 2. The summed E-state index contributed by atoms with van der Waals surface area (Å²) in [5.74, 6) is -6.35. The first kappa shape index (κ1) is 34.4. The third-order valence-electron chi connectivity index (χ3n) is 7.64. The molecule has 0 bridgehead atoms. The minimum atomic E-state index is -4.45. The molecule has 2 atom stereocenters. The number of benzene rings is 2. The SMILES string of the molecule is CS(=O)(=O)N(OC(=O)/C=C\C(=O)OCS(=O)(=O)Nc1cc(F)cc2c1OCCC2c1cnc[nH]1)c1cc(F)cc2c1OCCC2c1cnc[nH]1. The van der Waals surface area contributed by atoms with Gasteiger partial charge in [0.05, 0.1) is 37.8 Å². The zero-order valence-electron chi connectivity index (χ0n) is 26.0. The predicted molar refractivity (Wildman–Crippen MR) is 170 cm³/mol. The van der Waals surface area contributed by atoms with Crippen molar-refractivity contribution in [3.8, 4) is 11.5 Å². The predicted octanol–water partition coefficient (Wildman–Crippen LogP) is 2.96. The van der Waals surface area contributed by atoms with Crippen molar-refractivity contribution in [1.29, 1.82) is 0 Å². The Kier molecular flexibility index (Phi) is 9.47. The van der Waals surface area contributed by atoms with Gasteiger partial charge in [-0.3, -0.25) is 4.72 Å². The molecule has 4 heterocycles. The second kappa shape index (κ2) is 13.8. The third kappa shape index (κ3) is 7.54. The molecule has 2 aliphatic rings. The topological polar surface area (TPSA) is 212 Å². The first-order valence-corrected chi connectivity index (χ1v) is 18.3. The van der Waals surface area contributed by atoms with Crippen LogP contribution in [0.1, 0.15) is 47.2 Å². The molecule has 2 aromatic heterocycles. The highest BCUT2D eigenvalue weighted by Crippen LogP contribution is 2.45. The van der Waals surface area contributed by atoms with Crippen LogP contribution in [0, 0.1) is 11.6 Å². The van der Waals surface area contributed by atoms with Gasteiger partial charge in [-0.2, -0.15) is 0 Å². The van der Waals surface area contributed by atoms with Gasteiger partial charge >= 0.3 is 11.9 Å². The summed E-state index contributed by atoms with van der Waals surface area (Å²) >= 11 is 0. The average Bonchev–Trinajstić information content (AvgIpc) is 3.79. The van der Waals surface area contributed by atoms with Crippen LogP contribution in [-0.4, -0.2) is 74.1 Å². The maximum Gasteiger partial charge on any atom is 0.357 e. The Balaban J connectivity index is 1.12. The number of imidazole rings is 2. The fraction of sp³-hybridized carbons (Fsp3) is 0.267. The lowest BCUT2D eigenvalue weighted by Gasteiger charge is -2.29. The van der Waals surface area contributed by atoms with Crippen LogP contribution in [0.15, 0.2) is 61.5 Å². The van der Waals surface area contributed by atoms with E-state index in [4.69, 9.17) is 19.0 Å². The molecular formula is C30H28F2N6O10S2. The second-order valence-electron chi connectivity index (χ2n) is 11.1. The van der Waals surface area contributed by atoms with Crippen LogP contribution >= 0.6 is 0 Å². The van der Waals surface area contributed by atoms with Crippen LogP contribution in [0.4, 0.5) is 20.2 Å². The molecule has 0 fully saturated rings. The number of H-pyrrole nitrogens is 2. The van der Waals surface area contributed by atoms with Gasteiger partial charge < -0.3 is 29.0 Å². The van der Waals surface area contributed by atoms with E-state index in [1.165, 1.54) is 31.0 Å². The van der Waals surface area contributed by atoms with Gasteiger partial charge in [0.1, 0.15) is 23.1 Å². The van der Waals surface area contributed by atoms with E-state index in [2.05, 4.69) is 24.7 Å². The van der Waals surface area contributed by atoms with Crippen molar-refractivity contribution >= 4 is 43.4 Å². The van der Waals surface area contributed by atoms with Crippen molar-refractivity contribution < 1.29 is 54.3 Å². The monoisotopic (exact) mass is 734 g/mol. The van der Waals surface area contributed by atoms with Gasteiger partial charge in [0.25, 0.3) is 20.0 Å². The van der Waals surface area contributed by atoms with Crippen LogP contribution in [-0.2, 0) is 39.2 Å². The van der Waals surface area contributed by atoms with Crippen LogP contribution in [0.3, 0.4) is 0 Å². The molecule has 3 N–H and O–H groups in total. The van der Waals surface area contributed by atoms with E-state index in [-0.39, 0.29) is 46.4 Å². The van der Waals surface area contributed by atoms with Crippen LogP contribution < -0.4 is 18.7 Å². The number of carbonyl (C=O) groups excluding carboxylic acids is 2. The molecule has 2 aliphatic heterocycles. The average molecular weight is 735 g/mol. The Morgan fingerprint density at radius 2 is 1.46 bits per heavy atom. The van der Waals surface area contributed by atoms with E-state index < -0.39 is 61.2 Å². The van der Waals surface area contributed by atoms with Crippen LogP contribution in [0.2, 0.25) is 0 Å². The summed E-state index contributed by atoms with van der Waals surface area (Å²) < 4.78 is 98.7. The highest BCUT2D eigenvalue weighted by Gasteiger charge is 2.34. The first-order valence-electron chi connectivity index (χ1n) is 14.8. The van der Waals surface area contributed by atoms with Gasteiger partial charge in [0.2, 0.25) is 5.94 Å². The van der Waals surface area contributed by atoms with Gasteiger partial charge in [0.15, 0.2) is 5.75 Å². The highest BCUT2D eigenvalue weighted by molar-refractivity contribution is 7.92. The van der Waals surface area contributed by atoms with Gasteiger partial charge in [0, 0.05) is 71.0 Å². The molecule has 16 nitrogen and oxygen atoms in total. The van der Waals surface area contributed by atoms with E-state index in [0.717, 1.165) is 12.1 Å².